The third kappa shape index (κ3) is 4.19. The minimum absolute atomic E-state index is 0. The van der Waals surface area contributed by atoms with Crippen LogP contribution in [-0.2, 0) is 37.5 Å². The Kier molecular flexibility index (Phi) is 7.88. The molecule has 0 aliphatic carbocycles. The molecular formula is C8H16O4PtSi4. The Morgan fingerprint density at radius 3 is 1.41 bits per heavy atom. The van der Waals surface area contributed by atoms with Gasteiger partial charge in [-0.2, -0.15) is 0 Å². The topological polar surface area (TPSA) is 36.9 Å². The molecule has 1 aliphatic rings. The molecule has 1 rings (SSSR count). The van der Waals surface area contributed by atoms with Crippen molar-refractivity contribution >= 4 is 37.1 Å². The summed E-state index contributed by atoms with van der Waals surface area (Å²) < 4.78 is 22.9. The van der Waals surface area contributed by atoms with Crippen molar-refractivity contribution in [3.8, 4) is 0 Å². The molecule has 0 radical (unpaired) electrons. The van der Waals surface area contributed by atoms with Gasteiger partial charge in [-0.05, 0) is 22.8 Å². The van der Waals surface area contributed by atoms with E-state index in [1.54, 1.807) is 22.8 Å². The fourth-order valence-corrected chi connectivity index (χ4v) is 12.2. The van der Waals surface area contributed by atoms with Crippen LogP contribution < -0.4 is 0 Å². The quantitative estimate of drug-likeness (QED) is 0.522. The molecule has 0 amide bonds. The van der Waals surface area contributed by atoms with Gasteiger partial charge in [0, 0.05) is 21.1 Å². The molecule has 1 aliphatic heterocycles. The fraction of sp³-hybridized carbons (Fsp3) is 0. The maximum Gasteiger partial charge on any atom is 0.373 e. The molecule has 98 valence electrons. The monoisotopic (exact) mass is 483 g/mol. The van der Waals surface area contributed by atoms with Gasteiger partial charge in [-0.15, -0.1) is 26.3 Å². The second-order valence-electron chi connectivity index (χ2n) is 3.09. The summed E-state index contributed by atoms with van der Waals surface area (Å²) in [5.74, 6) is 0. The minimum atomic E-state index is -2.61. The fourth-order valence-electron chi connectivity index (χ4n) is 1.18. The minimum Gasteiger partial charge on any atom is -0.425 e. The molecule has 0 aromatic rings. The van der Waals surface area contributed by atoms with Gasteiger partial charge in [0.2, 0.25) is 0 Å². The van der Waals surface area contributed by atoms with Crippen LogP contribution in [0.2, 0.25) is 0 Å². The van der Waals surface area contributed by atoms with Gasteiger partial charge in [0.15, 0.2) is 0 Å². The van der Waals surface area contributed by atoms with E-state index < -0.39 is 37.1 Å². The van der Waals surface area contributed by atoms with Crippen LogP contribution in [0.3, 0.4) is 0 Å². The van der Waals surface area contributed by atoms with Gasteiger partial charge in [-0.1, -0.05) is 0 Å². The Morgan fingerprint density at radius 2 is 1.12 bits per heavy atom. The Morgan fingerprint density at radius 1 is 0.765 bits per heavy atom. The zero-order valence-electron chi connectivity index (χ0n) is 9.50. The Balaban J connectivity index is 0.00000256. The van der Waals surface area contributed by atoms with Crippen molar-refractivity contribution in [1.82, 2.24) is 0 Å². The van der Waals surface area contributed by atoms with Crippen LogP contribution in [0.25, 0.3) is 0 Å². The maximum absolute atomic E-state index is 6.01. The average molecular weight is 484 g/mol. The van der Waals surface area contributed by atoms with Gasteiger partial charge in [0.05, 0.1) is 0 Å². The Bertz CT molecular complexity index is 268. The van der Waals surface area contributed by atoms with E-state index >= 15 is 0 Å². The van der Waals surface area contributed by atoms with Crippen LogP contribution >= 0.6 is 0 Å². The standard InChI is InChI=1S/C8H16O4Si4.Pt/c1-5-15(6-2)10-13-9-14-11-16(7-3,8-4)12-15;/h5-8H,1-4,13-14H2;. The summed E-state index contributed by atoms with van der Waals surface area (Å²) in [6.07, 6.45) is 0. The van der Waals surface area contributed by atoms with E-state index in [0.29, 0.717) is 0 Å². The smallest absolute Gasteiger partial charge is 0.373 e. The van der Waals surface area contributed by atoms with Crippen molar-refractivity contribution in [2.24, 2.45) is 0 Å². The molecule has 0 N–H and O–H groups in total. The van der Waals surface area contributed by atoms with Gasteiger partial charge < -0.3 is 16.5 Å². The molecule has 0 spiro atoms. The first-order chi connectivity index (χ1) is 7.66. The average Bonchev–Trinajstić information content (AvgIpc) is 2.31. The molecule has 1 heterocycles. The summed E-state index contributed by atoms with van der Waals surface area (Å²) in [6, 6.07) is 0. The molecule has 0 saturated carbocycles. The zero-order valence-corrected chi connectivity index (χ0v) is 16.6. The van der Waals surface area contributed by atoms with Crippen molar-refractivity contribution in [2.45, 2.75) is 0 Å². The zero-order chi connectivity index (χ0) is 12.1. The van der Waals surface area contributed by atoms with Crippen molar-refractivity contribution in [3.63, 3.8) is 0 Å². The molecule has 17 heavy (non-hydrogen) atoms. The van der Waals surface area contributed by atoms with Crippen molar-refractivity contribution in [3.05, 3.63) is 49.1 Å². The Labute approximate surface area is 123 Å². The molecule has 0 bridgehead atoms. The first-order valence-corrected chi connectivity index (χ1v) is 11.0. The summed E-state index contributed by atoms with van der Waals surface area (Å²) in [6.45, 7) is 15.0. The second kappa shape index (κ2) is 7.72. The molecule has 4 nitrogen and oxygen atoms in total. The molecule has 0 aromatic heterocycles. The summed E-state index contributed by atoms with van der Waals surface area (Å²) in [5.41, 5.74) is 6.73. The third-order valence-corrected chi connectivity index (χ3v) is 12.9. The summed E-state index contributed by atoms with van der Waals surface area (Å²) in [7, 11) is -7.33. The van der Waals surface area contributed by atoms with E-state index in [-0.39, 0.29) is 21.1 Å². The molecular weight excluding hydrogens is 468 g/mol. The first kappa shape index (κ1) is 17.4. The van der Waals surface area contributed by atoms with Crippen LogP contribution in [0.15, 0.2) is 49.1 Å². The van der Waals surface area contributed by atoms with Gasteiger partial charge in [0.1, 0.15) is 0 Å². The summed E-state index contributed by atoms with van der Waals surface area (Å²) in [4.78, 5) is 0. The van der Waals surface area contributed by atoms with Crippen molar-refractivity contribution in [1.29, 1.82) is 0 Å². The van der Waals surface area contributed by atoms with Gasteiger partial charge in [-0.3, -0.25) is 0 Å². The van der Waals surface area contributed by atoms with Crippen molar-refractivity contribution in [2.75, 3.05) is 0 Å². The van der Waals surface area contributed by atoms with Crippen molar-refractivity contribution < 1.29 is 37.5 Å². The van der Waals surface area contributed by atoms with Crippen LogP contribution in [0, 0.1) is 0 Å². The molecule has 0 unspecified atom stereocenters. The molecule has 0 aromatic carbocycles. The molecule has 9 heteroatoms. The van der Waals surface area contributed by atoms with E-state index in [0.717, 1.165) is 0 Å². The largest absolute Gasteiger partial charge is 0.425 e. The van der Waals surface area contributed by atoms with E-state index in [1.807, 2.05) is 0 Å². The summed E-state index contributed by atoms with van der Waals surface area (Å²) >= 11 is 0. The number of rotatable bonds is 4. The predicted molar refractivity (Wildman–Crippen MR) is 73.7 cm³/mol. The number of hydrogen-bond acceptors (Lipinski definition) is 4. The second-order valence-corrected chi connectivity index (χ2v) is 12.8. The molecule has 1 fully saturated rings. The normalized spacial score (nSPS) is 24.9. The SMILES string of the molecule is C=C[Si]1(C=C)O[SiH2]O[SiH2]O[Si](C=C)(C=C)O1.[Pt]. The maximum atomic E-state index is 6.01. The number of hydrogen-bond donors (Lipinski definition) is 0. The van der Waals surface area contributed by atoms with E-state index in [9.17, 15) is 0 Å². The van der Waals surface area contributed by atoms with Gasteiger partial charge in [-0.25, -0.2) is 0 Å². The summed E-state index contributed by atoms with van der Waals surface area (Å²) in [5, 5.41) is 0. The van der Waals surface area contributed by atoms with E-state index in [4.69, 9.17) is 16.5 Å². The van der Waals surface area contributed by atoms with Crippen LogP contribution in [-0.4, -0.2) is 37.1 Å². The predicted octanol–water partition coefficient (Wildman–Crippen LogP) is -0.153. The van der Waals surface area contributed by atoms with Crippen LogP contribution in [0.4, 0.5) is 0 Å². The van der Waals surface area contributed by atoms with Gasteiger partial charge >= 0.3 is 17.1 Å². The first-order valence-electron chi connectivity index (χ1n) is 4.76. The van der Waals surface area contributed by atoms with E-state index in [1.165, 1.54) is 0 Å². The van der Waals surface area contributed by atoms with E-state index in [2.05, 4.69) is 26.3 Å². The third-order valence-electron chi connectivity index (χ3n) is 2.19. The Hall–Kier alpha value is 0.356. The molecule has 1 saturated heterocycles. The van der Waals surface area contributed by atoms with Crippen LogP contribution in [0.5, 0.6) is 0 Å². The van der Waals surface area contributed by atoms with Gasteiger partial charge in [0.25, 0.3) is 20.0 Å². The van der Waals surface area contributed by atoms with Crippen LogP contribution in [0.1, 0.15) is 0 Å². The molecule has 0 atom stereocenters.